The Hall–Kier alpha value is -1.47. The smallest absolute Gasteiger partial charge is 0.244 e. The van der Waals surface area contributed by atoms with Crippen LogP contribution in [0.25, 0.3) is 0 Å². The molecule has 0 aromatic heterocycles. The van der Waals surface area contributed by atoms with Gasteiger partial charge in [-0.15, -0.1) is 0 Å². The first-order chi connectivity index (χ1) is 12.8. The first-order valence-corrected chi connectivity index (χ1v) is 11.0. The number of hydrogen-bond donors (Lipinski definition) is 0. The molecule has 0 saturated carbocycles. The Morgan fingerprint density at radius 2 is 1.63 bits per heavy atom. The number of nitrogens with zero attached hydrogens (tertiary/aromatic N) is 2. The number of benzene rings is 2. The van der Waals surface area contributed by atoms with Crippen LogP contribution in [-0.4, -0.2) is 45.5 Å². The van der Waals surface area contributed by atoms with Gasteiger partial charge >= 0.3 is 0 Å². The highest BCUT2D eigenvalue weighted by Crippen LogP contribution is 2.31. The minimum Gasteiger partial charge on any atom is -0.494 e. The Morgan fingerprint density at radius 1 is 1.00 bits per heavy atom. The molecule has 146 valence electrons. The van der Waals surface area contributed by atoms with Crippen molar-refractivity contribution in [2.75, 3.05) is 37.7 Å². The van der Waals surface area contributed by atoms with Crippen molar-refractivity contribution in [1.29, 1.82) is 0 Å². The van der Waals surface area contributed by atoms with E-state index in [1.807, 2.05) is 31.2 Å². The van der Waals surface area contributed by atoms with Gasteiger partial charge in [-0.25, -0.2) is 8.42 Å². The topological polar surface area (TPSA) is 49.9 Å². The van der Waals surface area contributed by atoms with Gasteiger partial charge < -0.3 is 9.64 Å². The van der Waals surface area contributed by atoms with Crippen LogP contribution in [0.3, 0.4) is 0 Å². The van der Waals surface area contributed by atoms with E-state index in [0.29, 0.717) is 43.4 Å². The Bertz CT molecular complexity index is 909. The van der Waals surface area contributed by atoms with Crippen molar-refractivity contribution in [3.8, 4) is 5.75 Å². The Balaban J connectivity index is 1.72. The first-order valence-electron chi connectivity index (χ1n) is 8.76. The summed E-state index contributed by atoms with van der Waals surface area (Å²) in [6.07, 6.45) is 0. The zero-order valence-electron chi connectivity index (χ0n) is 15.3. The van der Waals surface area contributed by atoms with Gasteiger partial charge in [0.15, 0.2) is 0 Å². The quantitative estimate of drug-likeness (QED) is 0.715. The molecule has 1 aliphatic heterocycles. The third-order valence-corrected chi connectivity index (χ3v) is 7.35. The third-order valence-electron chi connectivity index (χ3n) is 4.58. The largest absolute Gasteiger partial charge is 0.494 e. The molecule has 0 spiro atoms. The maximum absolute atomic E-state index is 13.0. The number of sulfonamides is 1. The van der Waals surface area contributed by atoms with Crippen LogP contribution in [0.4, 0.5) is 5.69 Å². The monoisotopic (exact) mass is 428 g/mol. The molecule has 0 unspecified atom stereocenters. The van der Waals surface area contributed by atoms with E-state index in [1.54, 1.807) is 13.0 Å². The molecule has 5 nitrogen and oxygen atoms in total. The van der Waals surface area contributed by atoms with E-state index in [-0.39, 0.29) is 9.92 Å². The summed E-state index contributed by atoms with van der Waals surface area (Å²) < 4.78 is 32.9. The molecule has 2 aromatic carbocycles. The summed E-state index contributed by atoms with van der Waals surface area (Å²) in [7, 11) is -3.66. The molecule has 0 amide bonds. The summed E-state index contributed by atoms with van der Waals surface area (Å²) in [5.74, 6) is 0.829. The minimum atomic E-state index is -3.66. The molecule has 0 atom stereocenters. The molecular formula is C19H22Cl2N2O3S. The second-order valence-electron chi connectivity index (χ2n) is 6.35. The molecule has 1 fully saturated rings. The van der Waals surface area contributed by atoms with Crippen LogP contribution in [0.15, 0.2) is 41.3 Å². The van der Waals surface area contributed by atoms with E-state index in [2.05, 4.69) is 4.90 Å². The van der Waals surface area contributed by atoms with Crippen molar-refractivity contribution in [3.05, 3.63) is 52.0 Å². The van der Waals surface area contributed by atoms with Gasteiger partial charge in [0.25, 0.3) is 0 Å². The zero-order chi connectivity index (χ0) is 19.6. The molecule has 1 aliphatic rings. The van der Waals surface area contributed by atoms with Crippen molar-refractivity contribution >= 4 is 38.9 Å². The molecule has 27 heavy (non-hydrogen) atoms. The van der Waals surface area contributed by atoms with Gasteiger partial charge in [-0.3, -0.25) is 0 Å². The van der Waals surface area contributed by atoms with Crippen molar-refractivity contribution < 1.29 is 13.2 Å². The summed E-state index contributed by atoms with van der Waals surface area (Å²) >= 11 is 12.2. The maximum Gasteiger partial charge on any atom is 0.244 e. The van der Waals surface area contributed by atoms with E-state index in [9.17, 15) is 8.42 Å². The van der Waals surface area contributed by atoms with Gasteiger partial charge in [0.05, 0.1) is 11.6 Å². The molecule has 1 saturated heterocycles. The van der Waals surface area contributed by atoms with Gasteiger partial charge in [0, 0.05) is 36.9 Å². The zero-order valence-corrected chi connectivity index (χ0v) is 17.6. The van der Waals surface area contributed by atoms with E-state index < -0.39 is 10.0 Å². The fourth-order valence-corrected chi connectivity index (χ4v) is 5.30. The van der Waals surface area contributed by atoms with Crippen LogP contribution in [0.2, 0.25) is 10.0 Å². The molecule has 0 bridgehead atoms. The van der Waals surface area contributed by atoms with Crippen LogP contribution in [-0.2, 0) is 10.0 Å². The number of ether oxygens (including phenoxy) is 1. The summed E-state index contributed by atoms with van der Waals surface area (Å²) in [5.41, 5.74) is 1.74. The maximum atomic E-state index is 13.0. The number of hydrogen-bond acceptors (Lipinski definition) is 4. The SMILES string of the molecule is CCOc1ccc(N2CCN(S(=O)(=O)c3cc(C)c(Cl)cc3Cl)CC2)cc1. The Kier molecular flexibility index (Phi) is 6.21. The lowest BCUT2D eigenvalue weighted by Crippen LogP contribution is -2.48. The standard InChI is InChI=1S/C19H22Cl2N2O3S/c1-3-26-16-6-4-15(5-7-16)22-8-10-23(11-9-22)27(24,25)19-12-14(2)17(20)13-18(19)21/h4-7,12-13H,3,8-11H2,1-2H3. The summed E-state index contributed by atoms with van der Waals surface area (Å²) in [4.78, 5) is 2.27. The Labute approximate surface area is 170 Å². The second-order valence-corrected chi connectivity index (χ2v) is 9.07. The van der Waals surface area contributed by atoms with Crippen LogP contribution < -0.4 is 9.64 Å². The van der Waals surface area contributed by atoms with Gasteiger partial charge in [0.2, 0.25) is 10.0 Å². The molecule has 1 heterocycles. The van der Waals surface area contributed by atoms with E-state index in [1.165, 1.54) is 10.4 Å². The number of anilines is 1. The van der Waals surface area contributed by atoms with Gasteiger partial charge in [-0.05, 0) is 55.8 Å². The number of halogens is 2. The van der Waals surface area contributed by atoms with Crippen LogP contribution >= 0.6 is 23.2 Å². The summed E-state index contributed by atoms with van der Waals surface area (Å²) in [5, 5.41) is 0.610. The molecule has 0 radical (unpaired) electrons. The second kappa shape index (κ2) is 8.27. The van der Waals surface area contributed by atoms with Crippen molar-refractivity contribution in [2.45, 2.75) is 18.7 Å². The highest BCUT2D eigenvalue weighted by Gasteiger charge is 2.30. The minimum absolute atomic E-state index is 0.112. The molecule has 0 aliphatic carbocycles. The van der Waals surface area contributed by atoms with Gasteiger partial charge in [-0.2, -0.15) is 4.31 Å². The molecule has 0 N–H and O–H groups in total. The Morgan fingerprint density at radius 3 is 2.22 bits per heavy atom. The fourth-order valence-electron chi connectivity index (χ4n) is 3.07. The van der Waals surface area contributed by atoms with Crippen LogP contribution in [0.5, 0.6) is 5.75 Å². The summed E-state index contributed by atoms with van der Waals surface area (Å²) in [6.45, 7) is 6.35. The van der Waals surface area contributed by atoms with Crippen LogP contribution in [0.1, 0.15) is 12.5 Å². The highest BCUT2D eigenvalue weighted by molar-refractivity contribution is 7.89. The van der Waals surface area contributed by atoms with Crippen molar-refractivity contribution in [2.24, 2.45) is 0 Å². The third kappa shape index (κ3) is 4.35. The van der Waals surface area contributed by atoms with Gasteiger partial charge in [0.1, 0.15) is 10.6 Å². The first kappa shape index (κ1) is 20.3. The van der Waals surface area contributed by atoms with Crippen molar-refractivity contribution in [1.82, 2.24) is 4.31 Å². The van der Waals surface area contributed by atoms with Gasteiger partial charge in [-0.1, -0.05) is 23.2 Å². The normalized spacial score (nSPS) is 15.8. The lowest BCUT2D eigenvalue weighted by molar-refractivity contribution is 0.340. The lowest BCUT2D eigenvalue weighted by atomic mass is 10.2. The van der Waals surface area contributed by atoms with Crippen LogP contribution in [0, 0.1) is 6.92 Å². The average molecular weight is 429 g/mol. The van der Waals surface area contributed by atoms with E-state index in [0.717, 1.165) is 11.4 Å². The number of piperazine rings is 1. The fraction of sp³-hybridized carbons (Fsp3) is 0.368. The van der Waals surface area contributed by atoms with E-state index in [4.69, 9.17) is 27.9 Å². The molecular weight excluding hydrogens is 407 g/mol. The average Bonchev–Trinajstić information content (AvgIpc) is 2.65. The predicted molar refractivity (Wildman–Crippen MR) is 110 cm³/mol. The molecule has 3 rings (SSSR count). The number of rotatable bonds is 5. The molecule has 2 aromatic rings. The highest BCUT2D eigenvalue weighted by atomic mass is 35.5. The lowest BCUT2D eigenvalue weighted by Gasteiger charge is -2.35. The predicted octanol–water partition coefficient (Wildman–Crippen LogP) is 4.21. The summed E-state index contributed by atoms with van der Waals surface area (Å²) in [6, 6.07) is 10.9. The number of aryl methyl sites for hydroxylation is 1. The van der Waals surface area contributed by atoms with Crippen molar-refractivity contribution in [3.63, 3.8) is 0 Å². The molecule has 8 heteroatoms. The van der Waals surface area contributed by atoms with E-state index >= 15 is 0 Å².